The highest BCUT2D eigenvalue weighted by molar-refractivity contribution is 7.12. The molecule has 0 bridgehead atoms. The third kappa shape index (κ3) is 3.83. The molecule has 2 aromatic heterocycles. The van der Waals surface area contributed by atoms with Crippen LogP contribution < -0.4 is 5.32 Å². The molecule has 2 aromatic rings. The molecule has 3 rings (SSSR count). The molecule has 1 N–H and O–H groups in total. The van der Waals surface area contributed by atoms with E-state index in [4.69, 9.17) is 0 Å². The van der Waals surface area contributed by atoms with E-state index in [1.807, 2.05) is 17.5 Å². The van der Waals surface area contributed by atoms with E-state index in [9.17, 15) is 4.79 Å². The molecular weight excluding hydrogens is 308 g/mol. The smallest absolute Gasteiger partial charge is 0.261 e. The Labute approximate surface area is 141 Å². The highest BCUT2D eigenvalue weighted by atomic mass is 32.1. The number of amides is 1. The van der Waals surface area contributed by atoms with E-state index < -0.39 is 0 Å². The Balaban J connectivity index is 1.70. The fourth-order valence-corrected chi connectivity index (χ4v) is 3.70. The predicted molar refractivity (Wildman–Crippen MR) is 93.9 cm³/mol. The molecule has 1 aliphatic rings. The van der Waals surface area contributed by atoms with Crippen LogP contribution in [0, 0.1) is 0 Å². The molecule has 6 heteroatoms. The maximum absolute atomic E-state index is 12.3. The van der Waals surface area contributed by atoms with Crippen LogP contribution in [0.2, 0.25) is 0 Å². The number of carbonyl (C=O) groups is 1. The van der Waals surface area contributed by atoms with E-state index in [0.717, 1.165) is 31.1 Å². The van der Waals surface area contributed by atoms with Gasteiger partial charge in [-0.05, 0) is 30.6 Å². The monoisotopic (exact) mass is 332 g/mol. The number of rotatable bonds is 5. The third-order valence-electron chi connectivity index (χ3n) is 4.50. The number of carbonyl (C=O) groups excluding carboxylic acids is 1. The van der Waals surface area contributed by atoms with Crippen molar-refractivity contribution in [3.8, 4) is 0 Å². The Morgan fingerprint density at radius 3 is 2.61 bits per heavy atom. The average Bonchev–Trinajstić information content (AvgIpc) is 3.21. The fraction of sp³-hybridized carbons (Fsp3) is 0.471. The second kappa shape index (κ2) is 7.29. The van der Waals surface area contributed by atoms with Crippen molar-refractivity contribution >= 4 is 17.2 Å². The van der Waals surface area contributed by atoms with E-state index in [0.29, 0.717) is 6.54 Å². The summed E-state index contributed by atoms with van der Waals surface area (Å²) < 4.78 is 2.15. The number of nitrogens with one attached hydrogen (secondary N) is 1. The van der Waals surface area contributed by atoms with Gasteiger partial charge in [0.25, 0.3) is 5.91 Å². The van der Waals surface area contributed by atoms with Crippen molar-refractivity contribution in [1.29, 1.82) is 0 Å². The highest BCUT2D eigenvalue weighted by Gasteiger charge is 2.26. The van der Waals surface area contributed by atoms with Gasteiger partial charge in [-0.2, -0.15) is 0 Å². The lowest BCUT2D eigenvalue weighted by Gasteiger charge is -2.38. The number of aromatic nitrogens is 1. The van der Waals surface area contributed by atoms with Crippen molar-refractivity contribution in [3.05, 3.63) is 46.4 Å². The number of aryl methyl sites for hydroxylation is 1. The minimum absolute atomic E-state index is 0.0216. The van der Waals surface area contributed by atoms with Crippen LogP contribution in [0.25, 0.3) is 0 Å². The Bertz CT molecular complexity index is 629. The number of hydrogen-bond donors (Lipinski definition) is 1. The van der Waals surface area contributed by atoms with Crippen LogP contribution in [-0.4, -0.2) is 60.0 Å². The minimum atomic E-state index is 0.0216. The van der Waals surface area contributed by atoms with Gasteiger partial charge in [-0.3, -0.25) is 9.69 Å². The SMILES string of the molecule is CN1CCN(C(CNC(=O)c2cccs2)c2cccn2C)CC1. The lowest BCUT2D eigenvalue weighted by molar-refractivity contribution is 0.0880. The van der Waals surface area contributed by atoms with E-state index in [2.05, 4.69) is 52.1 Å². The van der Waals surface area contributed by atoms with Crippen LogP contribution in [0.1, 0.15) is 21.4 Å². The molecule has 5 nitrogen and oxygen atoms in total. The van der Waals surface area contributed by atoms with Gasteiger partial charge in [0.05, 0.1) is 10.9 Å². The molecule has 124 valence electrons. The Kier molecular flexibility index (Phi) is 5.15. The van der Waals surface area contributed by atoms with E-state index in [1.54, 1.807) is 0 Å². The lowest BCUT2D eigenvalue weighted by Crippen LogP contribution is -2.48. The summed E-state index contributed by atoms with van der Waals surface area (Å²) in [5.41, 5.74) is 1.25. The van der Waals surface area contributed by atoms with Crippen molar-refractivity contribution in [2.75, 3.05) is 39.8 Å². The summed E-state index contributed by atoms with van der Waals surface area (Å²) in [6, 6.07) is 8.22. The summed E-state index contributed by atoms with van der Waals surface area (Å²) in [7, 11) is 4.23. The largest absolute Gasteiger partial charge is 0.353 e. The van der Waals surface area contributed by atoms with Gasteiger partial charge in [0.15, 0.2) is 0 Å². The first kappa shape index (κ1) is 16.2. The summed E-state index contributed by atoms with van der Waals surface area (Å²) >= 11 is 1.48. The lowest BCUT2D eigenvalue weighted by atomic mass is 10.1. The molecule has 1 fully saturated rings. The number of piperazine rings is 1. The number of hydrogen-bond acceptors (Lipinski definition) is 4. The molecule has 0 aromatic carbocycles. The topological polar surface area (TPSA) is 40.5 Å². The van der Waals surface area contributed by atoms with E-state index >= 15 is 0 Å². The first-order valence-corrected chi connectivity index (χ1v) is 8.88. The second-order valence-corrected chi connectivity index (χ2v) is 7.03. The molecule has 23 heavy (non-hydrogen) atoms. The zero-order valence-corrected chi connectivity index (χ0v) is 14.6. The standard InChI is InChI=1S/C17H24N4OS/c1-19-8-10-21(11-9-19)15(14-5-3-7-20(14)2)13-18-17(22)16-6-4-12-23-16/h3-7,12,15H,8-11,13H2,1-2H3,(H,18,22). The quantitative estimate of drug-likeness (QED) is 0.908. The fourth-order valence-electron chi connectivity index (χ4n) is 3.06. The number of thiophene rings is 1. The molecule has 1 unspecified atom stereocenters. The molecule has 3 heterocycles. The van der Waals surface area contributed by atoms with Gasteiger partial charge in [-0.15, -0.1) is 11.3 Å². The minimum Gasteiger partial charge on any atom is -0.353 e. The summed E-state index contributed by atoms with van der Waals surface area (Å²) in [5, 5.41) is 5.05. The van der Waals surface area contributed by atoms with E-state index in [1.165, 1.54) is 17.0 Å². The molecule has 0 aliphatic carbocycles. The predicted octanol–water partition coefficient (Wildman–Crippen LogP) is 1.81. The average molecular weight is 332 g/mol. The van der Waals surface area contributed by atoms with Crippen LogP contribution in [0.5, 0.6) is 0 Å². The number of nitrogens with zero attached hydrogens (tertiary/aromatic N) is 3. The summed E-state index contributed by atoms with van der Waals surface area (Å²) in [6.07, 6.45) is 2.07. The molecule has 0 radical (unpaired) electrons. The highest BCUT2D eigenvalue weighted by Crippen LogP contribution is 2.22. The zero-order valence-electron chi connectivity index (χ0n) is 13.7. The van der Waals surface area contributed by atoms with Gasteiger partial charge in [-0.1, -0.05) is 6.07 Å². The summed E-state index contributed by atoms with van der Waals surface area (Å²) in [5.74, 6) is 0.0216. The van der Waals surface area contributed by atoms with Crippen LogP contribution in [-0.2, 0) is 7.05 Å². The van der Waals surface area contributed by atoms with Crippen molar-refractivity contribution in [2.45, 2.75) is 6.04 Å². The van der Waals surface area contributed by atoms with Gasteiger partial charge in [0.2, 0.25) is 0 Å². The molecule has 0 spiro atoms. The molecule has 1 amide bonds. The molecule has 0 saturated carbocycles. The van der Waals surface area contributed by atoms with Crippen molar-refractivity contribution in [1.82, 2.24) is 19.7 Å². The van der Waals surface area contributed by atoms with Gasteiger partial charge < -0.3 is 14.8 Å². The Hall–Kier alpha value is -1.63. The first-order chi connectivity index (χ1) is 11.1. The molecule has 1 aliphatic heterocycles. The summed E-state index contributed by atoms with van der Waals surface area (Å²) in [4.78, 5) is 17.9. The van der Waals surface area contributed by atoms with Crippen molar-refractivity contribution in [3.63, 3.8) is 0 Å². The van der Waals surface area contributed by atoms with Crippen LogP contribution in [0.4, 0.5) is 0 Å². The van der Waals surface area contributed by atoms with Crippen LogP contribution >= 0.6 is 11.3 Å². The van der Waals surface area contributed by atoms with Crippen molar-refractivity contribution < 1.29 is 4.79 Å². The Morgan fingerprint density at radius 2 is 2.00 bits per heavy atom. The van der Waals surface area contributed by atoms with Gasteiger partial charge in [0.1, 0.15) is 0 Å². The molecule has 1 atom stereocenters. The van der Waals surface area contributed by atoms with Gasteiger partial charge in [-0.25, -0.2) is 0 Å². The Morgan fingerprint density at radius 1 is 1.22 bits per heavy atom. The van der Waals surface area contributed by atoms with Crippen molar-refractivity contribution in [2.24, 2.45) is 7.05 Å². The third-order valence-corrected chi connectivity index (χ3v) is 5.37. The van der Waals surface area contributed by atoms with Gasteiger partial charge in [0, 0.05) is 51.7 Å². The molecular formula is C17H24N4OS. The van der Waals surface area contributed by atoms with E-state index in [-0.39, 0.29) is 11.9 Å². The maximum Gasteiger partial charge on any atom is 0.261 e. The van der Waals surface area contributed by atoms with Crippen LogP contribution in [0.3, 0.4) is 0 Å². The maximum atomic E-state index is 12.3. The normalized spacial score (nSPS) is 18.0. The second-order valence-electron chi connectivity index (χ2n) is 6.09. The first-order valence-electron chi connectivity index (χ1n) is 8.00. The van der Waals surface area contributed by atoms with Crippen LogP contribution in [0.15, 0.2) is 35.8 Å². The zero-order chi connectivity index (χ0) is 16.2. The molecule has 1 saturated heterocycles. The number of likely N-dealkylation sites (N-methyl/N-ethyl adjacent to an activating group) is 1. The van der Waals surface area contributed by atoms with Gasteiger partial charge >= 0.3 is 0 Å². The summed E-state index contributed by atoms with van der Waals surface area (Å²) in [6.45, 7) is 4.83.